The van der Waals surface area contributed by atoms with Crippen LogP contribution >= 0.6 is 15.9 Å². The smallest absolute Gasteiger partial charge is 0.196 e. The van der Waals surface area contributed by atoms with Crippen molar-refractivity contribution in [1.82, 2.24) is 4.98 Å². The lowest BCUT2D eigenvalue weighted by Gasteiger charge is -2.07. The molecule has 0 N–H and O–H groups in total. The van der Waals surface area contributed by atoms with Crippen LogP contribution in [0.1, 0.15) is 23.4 Å². The average Bonchev–Trinajstić information content (AvgIpc) is 2.87. The second-order valence-corrected chi connectivity index (χ2v) is 6.70. The molecule has 0 aliphatic carbocycles. The number of hydrogen-bond donors (Lipinski definition) is 0. The van der Waals surface area contributed by atoms with Gasteiger partial charge in [-0.2, -0.15) is 0 Å². The highest BCUT2D eigenvalue weighted by molar-refractivity contribution is 9.09. The van der Waals surface area contributed by atoms with Crippen molar-refractivity contribution < 1.29 is 4.42 Å². The lowest BCUT2D eigenvalue weighted by Crippen LogP contribution is -2.04. The van der Waals surface area contributed by atoms with Crippen LogP contribution in [-0.2, 0) is 12.8 Å². The number of hydrogen-bond acceptors (Lipinski definition) is 2. The van der Waals surface area contributed by atoms with E-state index in [0.29, 0.717) is 4.83 Å². The van der Waals surface area contributed by atoms with Gasteiger partial charge >= 0.3 is 0 Å². The number of alkyl halides is 1. The molecule has 1 aromatic heterocycles. The summed E-state index contributed by atoms with van der Waals surface area (Å²) < 4.78 is 5.77. The number of halogens is 1. The van der Waals surface area contributed by atoms with Gasteiger partial charge in [-0.25, -0.2) is 4.98 Å². The number of fused-ring (bicyclic) bond motifs is 1. The van der Waals surface area contributed by atoms with Crippen LogP contribution in [0.5, 0.6) is 0 Å². The van der Waals surface area contributed by atoms with E-state index in [1.165, 1.54) is 11.1 Å². The SMILES string of the molecule is Cc1cccc(CCC(Br)Cc2nc3ccccc3o2)c1. The van der Waals surface area contributed by atoms with Crippen molar-refractivity contribution in [3.63, 3.8) is 0 Å². The second-order valence-electron chi connectivity index (χ2n) is 5.40. The fourth-order valence-corrected chi connectivity index (χ4v) is 3.00. The quantitative estimate of drug-likeness (QED) is 0.604. The highest BCUT2D eigenvalue weighted by Crippen LogP contribution is 2.20. The fraction of sp³-hybridized carbons (Fsp3) is 0.278. The summed E-state index contributed by atoms with van der Waals surface area (Å²) in [6.07, 6.45) is 2.96. The molecule has 2 nitrogen and oxygen atoms in total. The van der Waals surface area contributed by atoms with E-state index in [1.54, 1.807) is 0 Å². The van der Waals surface area contributed by atoms with E-state index in [4.69, 9.17) is 4.42 Å². The molecule has 0 saturated heterocycles. The monoisotopic (exact) mass is 343 g/mol. The molecule has 1 heterocycles. The molecule has 0 fully saturated rings. The van der Waals surface area contributed by atoms with Crippen molar-refractivity contribution in [2.75, 3.05) is 0 Å². The van der Waals surface area contributed by atoms with Crippen molar-refractivity contribution in [3.8, 4) is 0 Å². The first-order chi connectivity index (χ1) is 10.2. The number of nitrogens with zero attached hydrogens (tertiary/aromatic N) is 1. The molecule has 0 bridgehead atoms. The molecule has 1 unspecified atom stereocenters. The molecule has 2 aromatic carbocycles. The normalized spacial score (nSPS) is 12.7. The summed E-state index contributed by atoms with van der Waals surface area (Å²) in [6.45, 7) is 2.13. The van der Waals surface area contributed by atoms with E-state index < -0.39 is 0 Å². The Labute approximate surface area is 133 Å². The van der Waals surface area contributed by atoms with Gasteiger partial charge < -0.3 is 4.42 Å². The van der Waals surface area contributed by atoms with E-state index in [2.05, 4.69) is 52.1 Å². The number of para-hydroxylation sites is 2. The lowest BCUT2D eigenvalue weighted by atomic mass is 10.0. The Morgan fingerprint density at radius 1 is 1.14 bits per heavy atom. The van der Waals surface area contributed by atoms with Gasteiger partial charge in [0.05, 0.1) is 0 Å². The number of oxazole rings is 1. The van der Waals surface area contributed by atoms with Crippen molar-refractivity contribution in [2.24, 2.45) is 0 Å². The maximum Gasteiger partial charge on any atom is 0.196 e. The van der Waals surface area contributed by atoms with Gasteiger partial charge in [0.15, 0.2) is 11.5 Å². The number of rotatable bonds is 5. The van der Waals surface area contributed by atoms with Gasteiger partial charge in [-0.1, -0.05) is 57.9 Å². The number of aromatic nitrogens is 1. The first kappa shape index (κ1) is 14.3. The van der Waals surface area contributed by atoms with Gasteiger partial charge in [-0.3, -0.25) is 0 Å². The molecule has 0 amide bonds. The van der Waals surface area contributed by atoms with E-state index in [0.717, 1.165) is 36.3 Å². The van der Waals surface area contributed by atoms with Crippen LogP contribution in [0.4, 0.5) is 0 Å². The minimum atomic E-state index is 0.381. The summed E-state index contributed by atoms with van der Waals surface area (Å²) in [4.78, 5) is 4.91. The first-order valence-corrected chi connectivity index (χ1v) is 8.16. The third kappa shape index (κ3) is 3.73. The van der Waals surface area contributed by atoms with Crippen LogP contribution in [0.25, 0.3) is 11.1 Å². The van der Waals surface area contributed by atoms with Gasteiger partial charge in [0.2, 0.25) is 0 Å². The van der Waals surface area contributed by atoms with Crippen LogP contribution < -0.4 is 0 Å². The molecule has 0 spiro atoms. The minimum Gasteiger partial charge on any atom is -0.441 e. The van der Waals surface area contributed by atoms with E-state index >= 15 is 0 Å². The summed E-state index contributed by atoms with van der Waals surface area (Å²) in [6, 6.07) is 16.6. The topological polar surface area (TPSA) is 26.0 Å². The average molecular weight is 344 g/mol. The maximum absolute atomic E-state index is 5.77. The van der Waals surface area contributed by atoms with Gasteiger partial charge in [-0.05, 0) is 37.5 Å². The van der Waals surface area contributed by atoms with E-state index in [-0.39, 0.29) is 0 Å². The van der Waals surface area contributed by atoms with Gasteiger partial charge in [0.25, 0.3) is 0 Å². The van der Waals surface area contributed by atoms with Crippen LogP contribution in [-0.4, -0.2) is 9.81 Å². The van der Waals surface area contributed by atoms with Crippen LogP contribution in [0.2, 0.25) is 0 Å². The van der Waals surface area contributed by atoms with Crippen molar-refractivity contribution in [3.05, 3.63) is 65.5 Å². The Balaban J connectivity index is 1.59. The Morgan fingerprint density at radius 3 is 2.81 bits per heavy atom. The summed E-state index contributed by atoms with van der Waals surface area (Å²) in [7, 11) is 0. The van der Waals surface area contributed by atoms with E-state index in [9.17, 15) is 0 Å². The summed E-state index contributed by atoms with van der Waals surface area (Å²) >= 11 is 3.75. The summed E-state index contributed by atoms with van der Waals surface area (Å²) in [5.74, 6) is 0.808. The van der Waals surface area contributed by atoms with Gasteiger partial charge in [0, 0.05) is 11.2 Å². The Hall–Kier alpha value is -1.61. The molecular formula is C18H18BrNO. The molecule has 0 saturated carbocycles. The van der Waals surface area contributed by atoms with Gasteiger partial charge in [0.1, 0.15) is 5.52 Å². The van der Waals surface area contributed by atoms with Crippen molar-refractivity contribution in [1.29, 1.82) is 0 Å². The summed E-state index contributed by atoms with van der Waals surface area (Å²) in [5, 5.41) is 0. The summed E-state index contributed by atoms with van der Waals surface area (Å²) in [5.41, 5.74) is 4.51. The van der Waals surface area contributed by atoms with Crippen LogP contribution in [0.3, 0.4) is 0 Å². The lowest BCUT2D eigenvalue weighted by molar-refractivity contribution is 0.520. The molecule has 0 aliphatic rings. The van der Waals surface area contributed by atoms with Crippen molar-refractivity contribution in [2.45, 2.75) is 31.0 Å². The molecule has 108 valence electrons. The molecule has 21 heavy (non-hydrogen) atoms. The molecule has 3 rings (SSSR count). The Kier molecular flexibility index (Phi) is 4.39. The molecule has 0 aliphatic heterocycles. The minimum absolute atomic E-state index is 0.381. The molecule has 3 aromatic rings. The molecule has 0 radical (unpaired) electrons. The largest absolute Gasteiger partial charge is 0.441 e. The van der Waals surface area contributed by atoms with Gasteiger partial charge in [-0.15, -0.1) is 0 Å². The maximum atomic E-state index is 5.77. The van der Waals surface area contributed by atoms with Crippen molar-refractivity contribution >= 4 is 27.0 Å². The first-order valence-electron chi connectivity index (χ1n) is 7.25. The second kappa shape index (κ2) is 6.44. The standard InChI is InChI=1S/C18H18BrNO/c1-13-5-4-6-14(11-13)9-10-15(19)12-18-20-16-7-2-3-8-17(16)21-18/h2-8,11,15H,9-10,12H2,1H3. The highest BCUT2D eigenvalue weighted by Gasteiger charge is 2.11. The third-order valence-corrected chi connectivity index (χ3v) is 4.34. The predicted molar refractivity (Wildman–Crippen MR) is 89.9 cm³/mol. The molecule has 1 atom stereocenters. The number of aryl methyl sites for hydroxylation is 2. The van der Waals surface area contributed by atoms with E-state index in [1.807, 2.05) is 24.3 Å². The third-order valence-electron chi connectivity index (χ3n) is 3.56. The number of benzene rings is 2. The zero-order chi connectivity index (χ0) is 14.7. The zero-order valence-corrected chi connectivity index (χ0v) is 13.6. The van der Waals surface area contributed by atoms with Crippen LogP contribution in [0, 0.1) is 6.92 Å². The molecule has 3 heteroatoms. The predicted octanol–water partition coefficient (Wildman–Crippen LogP) is 5.08. The zero-order valence-electron chi connectivity index (χ0n) is 12.1. The Bertz CT molecular complexity index is 702. The fourth-order valence-electron chi connectivity index (χ4n) is 2.49. The molecular weight excluding hydrogens is 326 g/mol. The highest BCUT2D eigenvalue weighted by atomic mass is 79.9. The van der Waals surface area contributed by atoms with Crippen LogP contribution in [0.15, 0.2) is 52.9 Å². The Morgan fingerprint density at radius 2 is 2.00 bits per heavy atom.